The number of hydrogen-bond acceptors (Lipinski definition) is 5. The average Bonchev–Trinajstić information content (AvgIpc) is 2.76. The van der Waals surface area contributed by atoms with Crippen LogP contribution in [0, 0.1) is 10.1 Å². The van der Waals surface area contributed by atoms with Crippen molar-refractivity contribution in [3.05, 3.63) is 22.4 Å². The summed E-state index contributed by atoms with van der Waals surface area (Å²) in [5, 5.41) is 25.3. The zero-order chi connectivity index (χ0) is 14.6. The SMILES string of the molecule is CCC(C)(NC(=O)Cn1ccc([N+](=O)[O-])n1)C(=O)O. The van der Waals surface area contributed by atoms with Crippen LogP contribution in [-0.4, -0.2) is 37.2 Å². The van der Waals surface area contributed by atoms with Gasteiger partial charge in [0, 0.05) is 0 Å². The Bertz CT molecular complexity index is 512. The Morgan fingerprint density at radius 2 is 2.26 bits per heavy atom. The van der Waals surface area contributed by atoms with Crippen LogP contribution >= 0.6 is 0 Å². The molecule has 0 fully saturated rings. The van der Waals surface area contributed by atoms with E-state index < -0.39 is 22.3 Å². The molecule has 0 radical (unpaired) electrons. The molecule has 0 bridgehead atoms. The van der Waals surface area contributed by atoms with Crippen LogP contribution in [0.25, 0.3) is 0 Å². The van der Waals surface area contributed by atoms with Gasteiger partial charge in [-0.15, -0.1) is 0 Å². The number of carbonyl (C=O) groups excluding carboxylic acids is 1. The third kappa shape index (κ3) is 3.50. The number of amides is 1. The zero-order valence-electron chi connectivity index (χ0n) is 10.5. The fourth-order valence-electron chi connectivity index (χ4n) is 1.32. The summed E-state index contributed by atoms with van der Waals surface area (Å²) >= 11 is 0. The fourth-order valence-corrected chi connectivity index (χ4v) is 1.32. The maximum Gasteiger partial charge on any atom is 0.389 e. The van der Waals surface area contributed by atoms with Crippen LogP contribution in [0.4, 0.5) is 5.82 Å². The van der Waals surface area contributed by atoms with Crippen molar-refractivity contribution in [2.45, 2.75) is 32.4 Å². The first-order valence-electron chi connectivity index (χ1n) is 5.50. The molecule has 1 aromatic heterocycles. The molecule has 0 saturated carbocycles. The van der Waals surface area contributed by atoms with Gasteiger partial charge in [0.15, 0.2) is 0 Å². The minimum atomic E-state index is -1.36. The van der Waals surface area contributed by atoms with Crippen molar-refractivity contribution in [3.63, 3.8) is 0 Å². The first-order valence-corrected chi connectivity index (χ1v) is 5.50. The van der Waals surface area contributed by atoms with E-state index in [9.17, 15) is 19.7 Å². The van der Waals surface area contributed by atoms with E-state index in [0.29, 0.717) is 0 Å². The minimum Gasteiger partial charge on any atom is -0.480 e. The normalized spacial score (nSPS) is 13.6. The molecule has 104 valence electrons. The van der Waals surface area contributed by atoms with Crippen LogP contribution in [0.2, 0.25) is 0 Å². The number of carboxylic acids is 1. The highest BCUT2D eigenvalue weighted by atomic mass is 16.6. The summed E-state index contributed by atoms with van der Waals surface area (Å²) < 4.78 is 1.07. The molecule has 0 aliphatic carbocycles. The van der Waals surface area contributed by atoms with Gasteiger partial charge in [-0.25, -0.2) is 4.79 Å². The highest BCUT2D eigenvalue weighted by Gasteiger charge is 2.33. The van der Waals surface area contributed by atoms with Crippen LogP contribution < -0.4 is 5.32 Å². The van der Waals surface area contributed by atoms with Crippen LogP contribution in [0.3, 0.4) is 0 Å². The molecule has 0 aromatic carbocycles. The van der Waals surface area contributed by atoms with Gasteiger partial charge in [0.1, 0.15) is 12.1 Å². The predicted molar refractivity (Wildman–Crippen MR) is 63.4 cm³/mol. The van der Waals surface area contributed by atoms with Gasteiger partial charge in [-0.05, 0) is 18.3 Å². The molecule has 1 aromatic rings. The Morgan fingerprint density at radius 3 is 2.68 bits per heavy atom. The van der Waals surface area contributed by atoms with E-state index in [4.69, 9.17) is 5.11 Å². The number of nitrogens with zero attached hydrogens (tertiary/aromatic N) is 3. The highest BCUT2D eigenvalue weighted by Crippen LogP contribution is 2.10. The first-order chi connectivity index (χ1) is 8.78. The second-order valence-corrected chi connectivity index (χ2v) is 4.17. The van der Waals surface area contributed by atoms with Gasteiger partial charge >= 0.3 is 11.8 Å². The summed E-state index contributed by atoms with van der Waals surface area (Å²) in [7, 11) is 0. The number of rotatable bonds is 6. The summed E-state index contributed by atoms with van der Waals surface area (Å²) in [6.45, 7) is 2.74. The number of nitrogens with one attached hydrogen (secondary N) is 1. The van der Waals surface area contributed by atoms with Crippen molar-refractivity contribution in [1.82, 2.24) is 15.1 Å². The molecule has 1 rings (SSSR count). The fraction of sp³-hybridized carbons (Fsp3) is 0.500. The van der Waals surface area contributed by atoms with Crippen molar-refractivity contribution >= 4 is 17.7 Å². The standard InChI is InChI=1S/C10H14N4O5/c1-3-10(2,9(16)17)11-8(15)6-13-5-4-7(12-13)14(18)19/h4-5H,3,6H2,1-2H3,(H,11,15)(H,16,17). The molecule has 0 spiro atoms. The first kappa shape index (κ1) is 14.6. The van der Waals surface area contributed by atoms with Gasteiger partial charge in [-0.3, -0.25) is 4.79 Å². The number of carbonyl (C=O) groups is 2. The second-order valence-electron chi connectivity index (χ2n) is 4.17. The van der Waals surface area contributed by atoms with Crippen molar-refractivity contribution in [2.75, 3.05) is 0 Å². The lowest BCUT2D eigenvalue weighted by Gasteiger charge is -2.24. The Balaban J connectivity index is 2.69. The number of aliphatic carboxylic acids is 1. The van der Waals surface area contributed by atoms with Crippen molar-refractivity contribution in [1.29, 1.82) is 0 Å². The molecule has 9 heteroatoms. The average molecular weight is 270 g/mol. The molecule has 0 saturated heterocycles. The molecule has 0 aliphatic rings. The maximum atomic E-state index is 11.7. The van der Waals surface area contributed by atoms with Gasteiger partial charge < -0.3 is 20.5 Å². The van der Waals surface area contributed by atoms with Crippen LogP contribution in [0.1, 0.15) is 20.3 Å². The van der Waals surface area contributed by atoms with E-state index in [1.165, 1.54) is 13.1 Å². The van der Waals surface area contributed by atoms with Gasteiger partial charge in [0.05, 0.1) is 17.4 Å². The minimum absolute atomic E-state index is 0.216. The summed E-state index contributed by atoms with van der Waals surface area (Å²) in [6.07, 6.45) is 1.50. The number of aromatic nitrogens is 2. The number of carboxylic acid groups (broad SMARTS) is 1. The van der Waals surface area contributed by atoms with E-state index in [1.54, 1.807) is 6.92 Å². The monoisotopic (exact) mass is 270 g/mol. The molecule has 19 heavy (non-hydrogen) atoms. The highest BCUT2D eigenvalue weighted by molar-refractivity contribution is 5.86. The maximum absolute atomic E-state index is 11.7. The molecule has 0 aliphatic heterocycles. The van der Waals surface area contributed by atoms with Gasteiger partial charge in [-0.2, -0.15) is 4.68 Å². The molecule has 9 nitrogen and oxygen atoms in total. The molecule has 1 atom stereocenters. The quantitative estimate of drug-likeness (QED) is 0.560. The molecule has 1 amide bonds. The Kier molecular flexibility index (Phi) is 4.20. The third-order valence-corrected chi connectivity index (χ3v) is 2.71. The van der Waals surface area contributed by atoms with E-state index in [-0.39, 0.29) is 18.8 Å². The van der Waals surface area contributed by atoms with Gasteiger partial charge in [0.25, 0.3) is 0 Å². The number of nitro groups is 1. The molecule has 1 heterocycles. The number of hydrogen-bond donors (Lipinski definition) is 2. The molecule has 1 unspecified atom stereocenters. The summed E-state index contributed by atoms with van der Waals surface area (Å²) in [5.41, 5.74) is -1.36. The smallest absolute Gasteiger partial charge is 0.389 e. The second kappa shape index (κ2) is 5.46. The Labute approximate surface area is 108 Å². The molecular formula is C10H14N4O5. The van der Waals surface area contributed by atoms with Crippen LogP contribution in [0.5, 0.6) is 0 Å². The van der Waals surface area contributed by atoms with Gasteiger partial charge in [0.2, 0.25) is 5.91 Å². The van der Waals surface area contributed by atoms with Gasteiger partial charge in [-0.1, -0.05) is 6.92 Å². The lowest BCUT2D eigenvalue weighted by atomic mass is 9.99. The van der Waals surface area contributed by atoms with E-state index in [2.05, 4.69) is 10.4 Å². The lowest BCUT2D eigenvalue weighted by Crippen LogP contribution is -2.52. The zero-order valence-corrected chi connectivity index (χ0v) is 10.5. The van der Waals surface area contributed by atoms with E-state index >= 15 is 0 Å². The van der Waals surface area contributed by atoms with Crippen LogP contribution in [0.15, 0.2) is 12.3 Å². The summed E-state index contributed by atoms with van der Waals surface area (Å²) in [5.74, 6) is -2.09. The van der Waals surface area contributed by atoms with Crippen molar-refractivity contribution in [3.8, 4) is 0 Å². The predicted octanol–water partition coefficient (Wildman–Crippen LogP) is 0.161. The topological polar surface area (TPSA) is 127 Å². The summed E-state index contributed by atoms with van der Waals surface area (Å²) in [6, 6.07) is 1.16. The third-order valence-electron chi connectivity index (χ3n) is 2.71. The van der Waals surface area contributed by atoms with Crippen LogP contribution in [-0.2, 0) is 16.1 Å². The van der Waals surface area contributed by atoms with E-state index in [0.717, 1.165) is 10.7 Å². The molecule has 2 N–H and O–H groups in total. The Morgan fingerprint density at radius 1 is 1.63 bits per heavy atom. The molecular weight excluding hydrogens is 256 g/mol. The van der Waals surface area contributed by atoms with Crippen molar-refractivity contribution < 1.29 is 19.6 Å². The van der Waals surface area contributed by atoms with E-state index in [1.807, 2.05) is 0 Å². The largest absolute Gasteiger partial charge is 0.480 e. The summed E-state index contributed by atoms with van der Waals surface area (Å²) in [4.78, 5) is 32.4. The van der Waals surface area contributed by atoms with Crippen molar-refractivity contribution in [2.24, 2.45) is 0 Å². The Hall–Kier alpha value is -2.45. The lowest BCUT2D eigenvalue weighted by molar-refractivity contribution is -0.389.